The van der Waals surface area contributed by atoms with Gasteiger partial charge in [-0.1, -0.05) is 43.6 Å². The van der Waals surface area contributed by atoms with Crippen molar-refractivity contribution in [1.82, 2.24) is 0 Å². The number of fused-ring (bicyclic) bond motifs is 1. The lowest BCUT2D eigenvalue weighted by Crippen LogP contribution is -2.56. The zero-order valence-electron chi connectivity index (χ0n) is 14.4. The van der Waals surface area contributed by atoms with Crippen LogP contribution in [-0.4, -0.2) is 31.1 Å². The van der Waals surface area contributed by atoms with E-state index in [2.05, 4.69) is 11.2 Å². The Kier molecular flexibility index (Phi) is 4.06. The van der Waals surface area contributed by atoms with Crippen molar-refractivity contribution >= 4 is 29.2 Å². The van der Waals surface area contributed by atoms with Gasteiger partial charge < -0.3 is 10.0 Å². The van der Waals surface area contributed by atoms with Gasteiger partial charge in [-0.2, -0.15) is 5.10 Å². The molecule has 1 heterocycles. The smallest absolute Gasteiger partial charge is 0.185 e. The molecule has 2 aromatic carbocycles. The van der Waals surface area contributed by atoms with Crippen molar-refractivity contribution in [3.05, 3.63) is 59.1 Å². The lowest BCUT2D eigenvalue weighted by atomic mass is 9.78. The fraction of sp³-hybridized carbons (Fsp3) is 0.316. The molecule has 0 saturated carbocycles. The first-order valence-corrected chi connectivity index (χ1v) is 8.25. The van der Waals surface area contributed by atoms with Crippen LogP contribution in [0.15, 0.2) is 53.6 Å². The van der Waals surface area contributed by atoms with E-state index in [0.29, 0.717) is 5.02 Å². The van der Waals surface area contributed by atoms with Crippen molar-refractivity contribution in [3.8, 4) is 0 Å². The Morgan fingerprint density at radius 3 is 2.38 bits per heavy atom. The fourth-order valence-electron chi connectivity index (χ4n) is 3.23. The summed E-state index contributed by atoms with van der Waals surface area (Å²) in [5.41, 5.74) is 1.33. The summed E-state index contributed by atoms with van der Waals surface area (Å²) < 4.78 is 0. The summed E-state index contributed by atoms with van der Waals surface area (Å²) in [5.74, 6) is 0. The van der Waals surface area contributed by atoms with Crippen LogP contribution in [0, 0.1) is 0 Å². The van der Waals surface area contributed by atoms with Crippen LogP contribution in [-0.2, 0) is 5.41 Å². The number of aliphatic hydroxyl groups is 1. The molecule has 2 aromatic rings. The Morgan fingerprint density at radius 1 is 1.12 bits per heavy atom. The number of hydrogen-bond donors (Lipinski definition) is 1. The van der Waals surface area contributed by atoms with Crippen LogP contribution in [0.2, 0.25) is 5.02 Å². The summed E-state index contributed by atoms with van der Waals surface area (Å²) in [6, 6.07) is 15.5. The highest BCUT2D eigenvalue weighted by Crippen LogP contribution is 2.48. The third-order valence-electron chi connectivity index (χ3n) is 4.98. The van der Waals surface area contributed by atoms with Gasteiger partial charge in [0.1, 0.15) is 0 Å². The molecule has 1 aliphatic rings. The summed E-state index contributed by atoms with van der Waals surface area (Å²) in [7, 11) is 3.74. The zero-order chi connectivity index (χ0) is 17.5. The quantitative estimate of drug-likeness (QED) is 0.679. The predicted molar refractivity (Wildman–Crippen MR) is 101 cm³/mol. The largest absolute Gasteiger partial charge is 0.365 e. The summed E-state index contributed by atoms with van der Waals surface area (Å²) in [5, 5.41) is 18.3. The Labute approximate surface area is 148 Å². The third kappa shape index (κ3) is 2.46. The number of hydrogen-bond acceptors (Lipinski definition) is 4. The van der Waals surface area contributed by atoms with E-state index < -0.39 is 11.1 Å². The second-order valence-corrected chi connectivity index (χ2v) is 7.11. The van der Waals surface area contributed by atoms with E-state index in [-0.39, 0.29) is 0 Å². The molecule has 0 bridgehead atoms. The van der Waals surface area contributed by atoms with E-state index >= 15 is 0 Å². The summed E-state index contributed by atoms with van der Waals surface area (Å²) in [6.45, 7) is 4.06. The van der Waals surface area contributed by atoms with E-state index in [1.807, 2.05) is 75.3 Å². The van der Waals surface area contributed by atoms with Crippen molar-refractivity contribution in [2.45, 2.75) is 25.0 Å². The molecule has 0 radical (unpaired) electrons. The lowest BCUT2D eigenvalue weighted by molar-refractivity contribution is 0.0585. The number of likely N-dealkylation sites (N-methyl/N-ethyl adjacent to an activating group) is 1. The van der Waals surface area contributed by atoms with Gasteiger partial charge >= 0.3 is 0 Å². The van der Waals surface area contributed by atoms with Crippen LogP contribution in [0.4, 0.5) is 11.4 Å². The van der Waals surface area contributed by atoms with Gasteiger partial charge in [0.2, 0.25) is 0 Å². The highest BCUT2D eigenvalue weighted by Gasteiger charge is 2.54. The van der Waals surface area contributed by atoms with Crippen LogP contribution in [0.5, 0.6) is 0 Å². The second kappa shape index (κ2) is 5.80. The molecule has 1 unspecified atom stereocenters. The van der Waals surface area contributed by atoms with Crippen LogP contribution in [0.1, 0.15) is 19.4 Å². The molecule has 3 rings (SSSR count). The Hall–Kier alpha value is -2.04. The van der Waals surface area contributed by atoms with E-state index in [1.54, 1.807) is 11.2 Å². The molecule has 1 atom stereocenters. The molecule has 24 heavy (non-hydrogen) atoms. The number of nitrogens with zero attached hydrogens (tertiary/aromatic N) is 3. The molecule has 1 N–H and O–H groups in total. The zero-order valence-corrected chi connectivity index (χ0v) is 15.1. The van der Waals surface area contributed by atoms with Gasteiger partial charge in [0.25, 0.3) is 0 Å². The van der Waals surface area contributed by atoms with Crippen molar-refractivity contribution in [2.75, 3.05) is 24.0 Å². The molecule has 4 nitrogen and oxygen atoms in total. The Bertz CT molecular complexity index is 772. The molecule has 0 aliphatic carbocycles. The van der Waals surface area contributed by atoms with Gasteiger partial charge in [0.15, 0.2) is 5.72 Å². The monoisotopic (exact) mass is 343 g/mol. The highest BCUT2D eigenvalue weighted by molar-refractivity contribution is 6.30. The Balaban J connectivity index is 1.92. The molecule has 1 aliphatic heterocycles. The molecule has 0 spiro atoms. The van der Waals surface area contributed by atoms with Gasteiger partial charge in [0.05, 0.1) is 11.9 Å². The van der Waals surface area contributed by atoms with Crippen molar-refractivity contribution in [3.63, 3.8) is 0 Å². The van der Waals surface area contributed by atoms with Crippen LogP contribution in [0.3, 0.4) is 0 Å². The van der Waals surface area contributed by atoms with Gasteiger partial charge in [-0.15, -0.1) is 0 Å². The van der Waals surface area contributed by atoms with Crippen molar-refractivity contribution in [1.29, 1.82) is 0 Å². The normalized spacial score (nSPS) is 22.0. The second-order valence-electron chi connectivity index (χ2n) is 6.67. The fourth-order valence-corrected chi connectivity index (χ4v) is 3.36. The van der Waals surface area contributed by atoms with Gasteiger partial charge in [-0.3, -0.25) is 5.01 Å². The standard InChI is InChI=1S/C19H22ClN3O/c1-18(2)16-7-5-6-8-17(16)22(3)19(18,24)13-21-23(4)15-11-9-14(20)10-12-15/h5-13,24H,1-4H3/b21-13+. The van der Waals surface area contributed by atoms with Crippen LogP contribution < -0.4 is 9.91 Å². The number of hydrazone groups is 1. The minimum Gasteiger partial charge on any atom is -0.365 e. The first kappa shape index (κ1) is 16.8. The molecule has 126 valence electrons. The molecular weight excluding hydrogens is 322 g/mol. The minimum atomic E-state index is -1.21. The van der Waals surface area contributed by atoms with Crippen molar-refractivity contribution < 1.29 is 5.11 Å². The van der Waals surface area contributed by atoms with E-state index in [0.717, 1.165) is 16.9 Å². The number of halogens is 1. The Morgan fingerprint density at radius 2 is 1.75 bits per heavy atom. The highest BCUT2D eigenvalue weighted by atomic mass is 35.5. The maximum atomic E-state index is 11.4. The molecule has 0 fully saturated rings. The molecule has 0 saturated heterocycles. The van der Waals surface area contributed by atoms with Crippen LogP contribution in [0.25, 0.3) is 0 Å². The summed E-state index contributed by atoms with van der Waals surface area (Å²) in [6.07, 6.45) is 1.61. The molecule has 0 amide bonds. The van der Waals surface area contributed by atoms with E-state index in [4.69, 9.17) is 11.6 Å². The molecule has 5 heteroatoms. The lowest BCUT2D eigenvalue weighted by Gasteiger charge is -2.38. The number of anilines is 2. The van der Waals surface area contributed by atoms with Gasteiger partial charge in [-0.05, 0) is 35.9 Å². The molecular formula is C19H22ClN3O. The number of para-hydroxylation sites is 1. The average Bonchev–Trinajstić information content (AvgIpc) is 2.73. The van der Waals surface area contributed by atoms with Gasteiger partial charge in [0, 0.05) is 30.2 Å². The average molecular weight is 344 g/mol. The third-order valence-corrected chi connectivity index (χ3v) is 5.23. The first-order chi connectivity index (χ1) is 11.3. The summed E-state index contributed by atoms with van der Waals surface area (Å²) >= 11 is 5.92. The number of benzene rings is 2. The van der Waals surface area contributed by atoms with E-state index in [1.165, 1.54) is 0 Å². The van der Waals surface area contributed by atoms with E-state index in [9.17, 15) is 5.11 Å². The SMILES string of the molecule is CN(/N=C/C1(O)N(C)c2ccccc2C1(C)C)c1ccc(Cl)cc1. The van der Waals surface area contributed by atoms with Crippen molar-refractivity contribution in [2.24, 2.45) is 5.10 Å². The number of rotatable bonds is 3. The first-order valence-electron chi connectivity index (χ1n) is 7.87. The maximum absolute atomic E-state index is 11.4. The topological polar surface area (TPSA) is 39.1 Å². The van der Waals surface area contributed by atoms with Gasteiger partial charge in [-0.25, -0.2) is 0 Å². The maximum Gasteiger partial charge on any atom is 0.185 e. The predicted octanol–water partition coefficient (Wildman–Crippen LogP) is 3.88. The molecule has 0 aromatic heterocycles. The minimum absolute atomic E-state index is 0.483. The summed E-state index contributed by atoms with van der Waals surface area (Å²) in [4.78, 5) is 1.88. The van der Waals surface area contributed by atoms with Crippen LogP contribution >= 0.6 is 11.6 Å².